The van der Waals surface area contributed by atoms with Gasteiger partial charge in [-0.2, -0.15) is 0 Å². The predicted octanol–water partition coefficient (Wildman–Crippen LogP) is 3.36. The van der Waals surface area contributed by atoms with Gasteiger partial charge in [0.25, 0.3) is 5.91 Å². The molecule has 24 heavy (non-hydrogen) atoms. The summed E-state index contributed by atoms with van der Waals surface area (Å²) in [6, 6.07) is 10.6. The molecule has 1 amide bonds. The molecule has 4 nitrogen and oxygen atoms in total. The molecule has 0 radical (unpaired) electrons. The van der Waals surface area contributed by atoms with E-state index in [4.69, 9.17) is 4.74 Å². The standard InChI is InChI=1S/C18H17FN2O2S/c19-15-4-2-1-3-14(15)12-21-16(11-13-5-10-24-18(13)21)17(22)20-6-8-23-9-7-20/h1-5,10-11H,6-9,12H2. The molecule has 1 saturated heterocycles. The number of thiophene rings is 1. The molecule has 3 heterocycles. The molecule has 1 fully saturated rings. The lowest BCUT2D eigenvalue weighted by atomic mass is 10.2. The van der Waals surface area contributed by atoms with Crippen LogP contribution in [0.2, 0.25) is 0 Å². The first kappa shape index (κ1) is 15.4. The molecule has 2 aromatic heterocycles. The summed E-state index contributed by atoms with van der Waals surface area (Å²) in [5.74, 6) is -0.265. The van der Waals surface area contributed by atoms with Crippen molar-refractivity contribution in [1.82, 2.24) is 9.47 Å². The van der Waals surface area contributed by atoms with Gasteiger partial charge in [0.1, 0.15) is 16.3 Å². The topological polar surface area (TPSA) is 34.5 Å². The van der Waals surface area contributed by atoms with Crippen molar-refractivity contribution in [3.05, 3.63) is 58.9 Å². The Bertz CT molecular complexity index is 880. The highest BCUT2D eigenvalue weighted by Gasteiger charge is 2.24. The van der Waals surface area contributed by atoms with Crippen LogP contribution in [0, 0.1) is 5.82 Å². The van der Waals surface area contributed by atoms with E-state index in [1.807, 2.05) is 28.1 Å². The molecule has 0 N–H and O–H groups in total. The SMILES string of the molecule is O=C(c1cc2ccsc2n1Cc1ccccc1F)N1CCOCC1. The number of halogens is 1. The Kier molecular flexibility index (Phi) is 4.08. The molecular formula is C18H17FN2O2S. The molecule has 0 spiro atoms. The summed E-state index contributed by atoms with van der Waals surface area (Å²) >= 11 is 1.57. The molecular weight excluding hydrogens is 327 g/mol. The highest BCUT2D eigenvalue weighted by Crippen LogP contribution is 2.27. The van der Waals surface area contributed by atoms with E-state index in [9.17, 15) is 9.18 Å². The highest BCUT2D eigenvalue weighted by atomic mass is 32.1. The molecule has 6 heteroatoms. The molecule has 0 bridgehead atoms. The monoisotopic (exact) mass is 344 g/mol. The smallest absolute Gasteiger partial charge is 0.270 e. The van der Waals surface area contributed by atoms with Gasteiger partial charge in [-0.05, 0) is 23.6 Å². The van der Waals surface area contributed by atoms with Crippen LogP contribution < -0.4 is 0 Å². The zero-order chi connectivity index (χ0) is 16.5. The zero-order valence-corrected chi connectivity index (χ0v) is 13.9. The number of rotatable bonds is 3. The van der Waals surface area contributed by atoms with Gasteiger partial charge < -0.3 is 14.2 Å². The minimum absolute atomic E-state index is 0.0157. The maximum Gasteiger partial charge on any atom is 0.270 e. The lowest BCUT2D eigenvalue weighted by Gasteiger charge is -2.27. The van der Waals surface area contributed by atoms with Gasteiger partial charge >= 0.3 is 0 Å². The van der Waals surface area contributed by atoms with E-state index in [0.29, 0.717) is 44.1 Å². The van der Waals surface area contributed by atoms with Gasteiger partial charge in [0, 0.05) is 24.0 Å². The third-order valence-electron chi connectivity index (χ3n) is 4.31. The Morgan fingerprint density at radius 3 is 2.79 bits per heavy atom. The summed E-state index contributed by atoms with van der Waals surface area (Å²) in [5, 5.41) is 3.01. The normalized spacial score (nSPS) is 15.1. The summed E-state index contributed by atoms with van der Waals surface area (Å²) in [6.07, 6.45) is 0. The number of nitrogens with zero attached hydrogens (tertiary/aromatic N) is 2. The number of morpholine rings is 1. The van der Waals surface area contributed by atoms with E-state index in [1.54, 1.807) is 28.4 Å². The number of benzene rings is 1. The van der Waals surface area contributed by atoms with E-state index in [-0.39, 0.29) is 11.7 Å². The van der Waals surface area contributed by atoms with Crippen LogP contribution in [0.3, 0.4) is 0 Å². The van der Waals surface area contributed by atoms with Gasteiger partial charge in [0.15, 0.2) is 0 Å². The van der Waals surface area contributed by atoms with Crippen molar-refractivity contribution in [2.75, 3.05) is 26.3 Å². The maximum absolute atomic E-state index is 14.1. The number of carbonyl (C=O) groups excluding carboxylic acids is 1. The van der Waals surface area contributed by atoms with Gasteiger partial charge in [-0.25, -0.2) is 4.39 Å². The largest absolute Gasteiger partial charge is 0.378 e. The van der Waals surface area contributed by atoms with Crippen LogP contribution in [0.25, 0.3) is 10.2 Å². The van der Waals surface area contributed by atoms with Gasteiger partial charge in [0.05, 0.1) is 19.8 Å². The van der Waals surface area contributed by atoms with Gasteiger partial charge in [-0.1, -0.05) is 18.2 Å². The molecule has 0 saturated carbocycles. The third kappa shape index (κ3) is 2.72. The molecule has 4 rings (SSSR count). The van der Waals surface area contributed by atoms with Crippen molar-refractivity contribution in [3.63, 3.8) is 0 Å². The summed E-state index contributed by atoms with van der Waals surface area (Å²) in [4.78, 5) is 15.7. The van der Waals surface area contributed by atoms with E-state index >= 15 is 0 Å². The number of hydrogen-bond acceptors (Lipinski definition) is 3. The summed E-state index contributed by atoms with van der Waals surface area (Å²) in [7, 11) is 0. The van der Waals surface area contributed by atoms with E-state index in [1.165, 1.54) is 6.07 Å². The Labute approximate surface area is 143 Å². The van der Waals surface area contributed by atoms with Crippen LogP contribution in [0.4, 0.5) is 4.39 Å². The van der Waals surface area contributed by atoms with Gasteiger partial charge in [-0.15, -0.1) is 11.3 Å². The molecule has 1 aliphatic heterocycles. The third-order valence-corrected chi connectivity index (χ3v) is 5.26. The van der Waals surface area contributed by atoms with Crippen molar-refractivity contribution < 1.29 is 13.9 Å². The van der Waals surface area contributed by atoms with Crippen LogP contribution >= 0.6 is 11.3 Å². The number of aromatic nitrogens is 1. The first-order valence-corrected chi connectivity index (χ1v) is 8.79. The number of ether oxygens (including phenoxy) is 1. The minimum Gasteiger partial charge on any atom is -0.378 e. The van der Waals surface area contributed by atoms with Gasteiger partial charge in [0.2, 0.25) is 0 Å². The predicted molar refractivity (Wildman–Crippen MR) is 92.0 cm³/mol. The maximum atomic E-state index is 14.1. The molecule has 0 unspecified atom stereocenters. The molecule has 1 aromatic carbocycles. The average molecular weight is 344 g/mol. The second kappa shape index (κ2) is 6.37. The van der Waals surface area contributed by atoms with Crippen molar-refractivity contribution in [2.24, 2.45) is 0 Å². The number of hydrogen-bond donors (Lipinski definition) is 0. The second-order valence-electron chi connectivity index (χ2n) is 5.79. The molecule has 124 valence electrons. The fourth-order valence-electron chi connectivity index (χ4n) is 3.03. The fraction of sp³-hybridized carbons (Fsp3) is 0.278. The Morgan fingerprint density at radius 2 is 2.00 bits per heavy atom. The summed E-state index contributed by atoms with van der Waals surface area (Å²) < 4.78 is 21.3. The fourth-order valence-corrected chi connectivity index (χ4v) is 3.93. The van der Waals surface area contributed by atoms with Crippen LogP contribution in [0.5, 0.6) is 0 Å². The molecule has 1 aliphatic rings. The van der Waals surface area contributed by atoms with Crippen molar-refractivity contribution in [2.45, 2.75) is 6.54 Å². The van der Waals surface area contributed by atoms with Crippen LogP contribution in [0.15, 0.2) is 41.8 Å². The Balaban J connectivity index is 1.74. The first-order valence-electron chi connectivity index (χ1n) is 7.91. The van der Waals surface area contributed by atoms with Crippen molar-refractivity contribution >= 4 is 27.5 Å². The summed E-state index contributed by atoms with van der Waals surface area (Å²) in [6.45, 7) is 2.67. The zero-order valence-electron chi connectivity index (χ0n) is 13.1. The van der Waals surface area contributed by atoms with E-state index < -0.39 is 0 Å². The second-order valence-corrected chi connectivity index (χ2v) is 6.69. The van der Waals surface area contributed by atoms with Crippen LogP contribution in [-0.2, 0) is 11.3 Å². The Hall–Kier alpha value is -2.18. The number of carbonyl (C=O) groups is 1. The van der Waals surface area contributed by atoms with Crippen LogP contribution in [-0.4, -0.2) is 41.7 Å². The van der Waals surface area contributed by atoms with Crippen molar-refractivity contribution in [1.29, 1.82) is 0 Å². The first-order chi connectivity index (χ1) is 11.7. The van der Waals surface area contributed by atoms with Gasteiger partial charge in [-0.3, -0.25) is 4.79 Å². The molecule has 0 atom stereocenters. The number of amides is 1. The van der Waals surface area contributed by atoms with Crippen molar-refractivity contribution in [3.8, 4) is 0 Å². The van der Waals surface area contributed by atoms with E-state index in [2.05, 4.69) is 0 Å². The lowest BCUT2D eigenvalue weighted by Crippen LogP contribution is -2.41. The molecule has 3 aromatic rings. The quantitative estimate of drug-likeness (QED) is 0.730. The highest BCUT2D eigenvalue weighted by molar-refractivity contribution is 7.16. The minimum atomic E-state index is -0.249. The lowest BCUT2D eigenvalue weighted by molar-refractivity contribution is 0.0296. The average Bonchev–Trinajstić information content (AvgIpc) is 3.19. The summed E-state index contributed by atoms with van der Waals surface area (Å²) in [5.41, 5.74) is 1.20. The number of fused-ring (bicyclic) bond motifs is 1. The molecule has 0 aliphatic carbocycles. The van der Waals surface area contributed by atoms with E-state index in [0.717, 1.165) is 10.2 Å². The Morgan fingerprint density at radius 1 is 1.21 bits per heavy atom. The van der Waals surface area contributed by atoms with Crippen LogP contribution in [0.1, 0.15) is 16.1 Å².